The van der Waals surface area contributed by atoms with Crippen molar-refractivity contribution in [1.29, 1.82) is 0 Å². The summed E-state index contributed by atoms with van der Waals surface area (Å²) in [6.45, 7) is 0. The predicted molar refractivity (Wildman–Crippen MR) is 101 cm³/mol. The van der Waals surface area contributed by atoms with Crippen molar-refractivity contribution < 1.29 is 18.4 Å². The zero-order chi connectivity index (χ0) is 19.1. The van der Waals surface area contributed by atoms with Gasteiger partial charge >= 0.3 is 0 Å². The molecule has 0 aliphatic rings. The molecule has 0 aliphatic heterocycles. The molecule has 0 heterocycles. The van der Waals surface area contributed by atoms with Crippen molar-refractivity contribution in [1.82, 2.24) is 5.32 Å². The van der Waals surface area contributed by atoms with Gasteiger partial charge in [0.05, 0.1) is 16.3 Å². The molecule has 1 atom stereocenters. The molecule has 0 fully saturated rings. The first-order chi connectivity index (χ1) is 12.4. The Labute approximate surface area is 159 Å². The molecule has 0 radical (unpaired) electrons. The van der Waals surface area contributed by atoms with Crippen molar-refractivity contribution in [3.63, 3.8) is 0 Å². The first-order valence-electron chi connectivity index (χ1n) is 7.72. The van der Waals surface area contributed by atoms with Gasteiger partial charge in [-0.15, -0.1) is 0 Å². The second kappa shape index (κ2) is 9.54. The van der Waals surface area contributed by atoms with Gasteiger partial charge < -0.3 is 10.6 Å². The molecule has 2 aromatic carbocycles. The lowest BCUT2D eigenvalue weighted by Gasteiger charge is -2.19. The van der Waals surface area contributed by atoms with E-state index in [-0.39, 0.29) is 16.3 Å². The lowest BCUT2D eigenvalue weighted by Crippen LogP contribution is -2.44. The highest BCUT2D eigenvalue weighted by molar-refractivity contribution is 7.98. The summed E-state index contributed by atoms with van der Waals surface area (Å²) in [5.74, 6) is -2.13. The van der Waals surface area contributed by atoms with Crippen LogP contribution in [0.3, 0.4) is 0 Å². The van der Waals surface area contributed by atoms with Crippen LogP contribution in [0.25, 0.3) is 0 Å². The van der Waals surface area contributed by atoms with Crippen molar-refractivity contribution in [2.45, 2.75) is 12.5 Å². The van der Waals surface area contributed by atoms with E-state index in [4.69, 9.17) is 11.6 Å². The highest BCUT2D eigenvalue weighted by atomic mass is 35.5. The van der Waals surface area contributed by atoms with Crippen LogP contribution in [0.5, 0.6) is 0 Å². The molecule has 8 heteroatoms. The molecule has 0 aliphatic carbocycles. The van der Waals surface area contributed by atoms with Crippen LogP contribution in [0.15, 0.2) is 42.5 Å². The Balaban J connectivity index is 2.14. The minimum Gasteiger partial charge on any atom is -0.340 e. The lowest BCUT2D eigenvalue weighted by molar-refractivity contribution is -0.118. The van der Waals surface area contributed by atoms with Crippen LogP contribution >= 0.6 is 23.4 Å². The van der Waals surface area contributed by atoms with Crippen LogP contribution in [0, 0.1) is 11.6 Å². The van der Waals surface area contributed by atoms with Crippen LogP contribution < -0.4 is 10.6 Å². The van der Waals surface area contributed by atoms with Crippen molar-refractivity contribution >= 4 is 40.9 Å². The lowest BCUT2D eigenvalue weighted by atomic mass is 10.1. The Hall–Kier alpha value is -2.12. The number of hydrogen-bond acceptors (Lipinski definition) is 3. The van der Waals surface area contributed by atoms with E-state index < -0.39 is 29.5 Å². The van der Waals surface area contributed by atoms with Crippen molar-refractivity contribution in [3.05, 3.63) is 64.7 Å². The summed E-state index contributed by atoms with van der Waals surface area (Å²) in [5, 5.41) is 5.26. The Morgan fingerprint density at radius 3 is 2.58 bits per heavy atom. The third kappa shape index (κ3) is 5.44. The highest BCUT2D eigenvalue weighted by Crippen LogP contribution is 2.17. The Morgan fingerprint density at radius 1 is 1.19 bits per heavy atom. The Morgan fingerprint density at radius 2 is 1.92 bits per heavy atom. The number of nitrogens with one attached hydrogen (secondary N) is 2. The van der Waals surface area contributed by atoms with E-state index in [2.05, 4.69) is 10.6 Å². The average Bonchev–Trinajstić information content (AvgIpc) is 2.61. The maximum atomic E-state index is 13.7. The first kappa shape index (κ1) is 20.2. The van der Waals surface area contributed by atoms with E-state index in [0.717, 1.165) is 12.1 Å². The number of halogens is 3. The summed E-state index contributed by atoms with van der Waals surface area (Å²) in [6.07, 6.45) is 2.20. The van der Waals surface area contributed by atoms with Gasteiger partial charge in [0, 0.05) is 6.07 Å². The predicted octanol–water partition coefficient (Wildman–Crippen LogP) is 4.11. The molecule has 2 N–H and O–H groups in total. The summed E-state index contributed by atoms with van der Waals surface area (Å²) < 4.78 is 26.7. The van der Waals surface area contributed by atoms with E-state index in [9.17, 15) is 18.4 Å². The molecule has 0 bridgehead atoms. The number of carbonyl (C=O) groups excluding carboxylic acids is 2. The summed E-state index contributed by atoms with van der Waals surface area (Å²) in [6, 6.07) is 8.41. The van der Waals surface area contributed by atoms with E-state index in [1.165, 1.54) is 11.8 Å². The van der Waals surface area contributed by atoms with Crippen molar-refractivity contribution in [3.8, 4) is 0 Å². The fourth-order valence-electron chi connectivity index (χ4n) is 2.20. The van der Waals surface area contributed by atoms with Crippen LogP contribution in [0.2, 0.25) is 5.02 Å². The molecule has 0 saturated heterocycles. The number of carbonyl (C=O) groups is 2. The monoisotopic (exact) mass is 398 g/mol. The van der Waals surface area contributed by atoms with Gasteiger partial charge in [0.1, 0.15) is 17.7 Å². The van der Waals surface area contributed by atoms with Gasteiger partial charge in [-0.05, 0) is 42.7 Å². The minimum atomic E-state index is -0.893. The molecule has 0 aromatic heterocycles. The zero-order valence-electron chi connectivity index (χ0n) is 13.9. The van der Waals surface area contributed by atoms with Crippen molar-refractivity contribution in [2.24, 2.45) is 0 Å². The van der Waals surface area contributed by atoms with Crippen LogP contribution in [-0.2, 0) is 4.79 Å². The van der Waals surface area contributed by atoms with Crippen LogP contribution in [0.1, 0.15) is 16.8 Å². The Bertz CT molecular complexity index is 805. The van der Waals surface area contributed by atoms with Crippen LogP contribution in [0.4, 0.5) is 14.5 Å². The maximum Gasteiger partial charge on any atom is 0.253 e. The SMILES string of the molecule is CSCCC(NC(=O)c1ccccc1Cl)C(=O)Nc1ccc(F)cc1F. The standard InChI is InChI=1S/C18H17ClF2N2O2S/c1-26-9-8-16(23-17(24)12-4-2-3-5-13(12)19)18(25)22-15-7-6-11(20)10-14(15)21/h2-7,10,16H,8-9H2,1H3,(H,22,25)(H,23,24). The summed E-state index contributed by atoms with van der Waals surface area (Å²) >= 11 is 7.51. The van der Waals surface area contributed by atoms with E-state index >= 15 is 0 Å². The average molecular weight is 399 g/mol. The summed E-state index contributed by atoms with van der Waals surface area (Å²) in [4.78, 5) is 24.9. The molecule has 2 amide bonds. The molecule has 4 nitrogen and oxygen atoms in total. The minimum absolute atomic E-state index is 0.155. The quantitative estimate of drug-likeness (QED) is 0.738. The first-order valence-corrected chi connectivity index (χ1v) is 9.49. The van der Waals surface area contributed by atoms with Gasteiger partial charge in [-0.3, -0.25) is 9.59 Å². The smallest absolute Gasteiger partial charge is 0.253 e. The van der Waals surface area contributed by atoms with E-state index in [1.807, 2.05) is 6.26 Å². The van der Waals surface area contributed by atoms with Gasteiger partial charge in [0.15, 0.2) is 0 Å². The number of amides is 2. The number of thioether (sulfide) groups is 1. The molecule has 138 valence electrons. The number of benzene rings is 2. The van der Waals surface area contributed by atoms with Gasteiger partial charge in [0.25, 0.3) is 5.91 Å². The third-order valence-corrected chi connectivity index (χ3v) is 4.51. The molecule has 2 aromatic rings. The maximum absolute atomic E-state index is 13.7. The number of rotatable bonds is 7. The molecule has 0 saturated carbocycles. The second-order valence-corrected chi connectivity index (χ2v) is 6.79. The summed E-state index contributed by atoms with van der Waals surface area (Å²) in [5.41, 5.74) is 0.0848. The largest absolute Gasteiger partial charge is 0.340 e. The third-order valence-electron chi connectivity index (χ3n) is 3.54. The highest BCUT2D eigenvalue weighted by Gasteiger charge is 2.23. The van der Waals surface area contributed by atoms with Gasteiger partial charge in [-0.1, -0.05) is 23.7 Å². The topological polar surface area (TPSA) is 58.2 Å². The fourth-order valence-corrected chi connectivity index (χ4v) is 2.89. The second-order valence-electron chi connectivity index (χ2n) is 5.40. The fraction of sp³-hybridized carbons (Fsp3) is 0.222. The normalized spacial score (nSPS) is 11.7. The zero-order valence-corrected chi connectivity index (χ0v) is 15.5. The molecule has 1 unspecified atom stereocenters. The molecule has 2 rings (SSSR count). The Kier molecular flexibility index (Phi) is 7.41. The molecule has 26 heavy (non-hydrogen) atoms. The summed E-state index contributed by atoms with van der Waals surface area (Å²) in [7, 11) is 0. The number of anilines is 1. The molecular formula is C18H17ClF2N2O2S. The van der Waals surface area contributed by atoms with Gasteiger partial charge in [-0.2, -0.15) is 11.8 Å². The van der Waals surface area contributed by atoms with Gasteiger partial charge in [-0.25, -0.2) is 8.78 Å². The molecule has 0 spiro atoms. The van der Waals surface area contributed by atoms with Gasteiger partial charge in [0.2, 0.25) is 5.91 Å². The molecular weight excluding hydrogens is 382 g/mol. The van der Waals surface area contributed by atoms with Crippen molar-refractivity contribution in [2.75, 3.05) is 17.3 Å². The van der Waals surface area contributed by atoms with Crippen LogP contribution in [-0.4, -0.2) is 29.9 Å². The van der Waals surface area contributed by atoms with E-state index in [0.29, 0.717) is 18.2 Å². The van der Waals surface area contributed by atoms with E-state index in [1.54, 1.807) is 24.3 Å². The number of hydrogen-bond donors (Lipinski definition) is 2.